The van der Waals surface area contributed by atoms with Gasteiger partial charge in [0.05, 0.1) is 6.54 Å². The molecule has 20 heavy (non-hydrogen) atoms. The number of halogens is 2. The van der Waals surface area contributed by atoms with Crippen molar-refractivity contribution in [1.29, 1.82) is 0 Å². The van der Waals surface area contributed by atoms with Crippen LogP contribution in [0.15, 0.2) is 24.4 Å². The third-order valence-electron chi connectivity index (χ3n) is 2.83. The summed E-state index contributed by atoms with van der Waals surface area (Å²) in [6.45, 7) is 2.20. The second-order valence-corrected chi connectivity index (χ2v) is 4.54. The summed E-state index contributed by atoms with van der Waals surface area (Å²) in [7, 11) is 0. The number of H-pyrrole nitrogens is 1. The molecule has 0 spiro atoms. The third-order valence-corrected chi connectivity index (χ3v) is 2.83. The average molecular weight is 279 g/mol. The van der Waals surface area contributed by atoms with Gasteiger partial charge >= 0.3 is 0 Å². The molecule has 2 N–H and O–H groups in total. The molecule has 0 saturated heterocycles. The van der Waals surface area contributed by atoms with Crippen LogP contribution >= 0.6 is 0 Å². The van der Waals surface area contributed by atoms with E-state index < -0.39 is 11.6 Å². The molecule has 0 aliphatic rings. The standard InChI is InChI=1S/C14H15F2N3O/c1-9-7-17-13(19-9)8-18-14(20)5-3-10-2-4-11(15)12(16)6-10/h2,4,6-7H,3,5,8H2,1H3,(H,17,19)(H,18,20). The van der Waals surface area contributed by atoms with Gasteiger partial charge in [0.1, 0.15) is 5.82 Å². The van der Waals surface area contributed by atoms with E-state index in [0.717, 1.165) is 17.8 Å². The topological polar surface area (TPSA) is 57.8 Å². The zero-order valence-corrected chi connectivity index (χ0v) is 11.0. The van der Waals surface area contributed by atoms with Crippen molar-refractivity contribution in [2.24, 2.45) is 0 Å². The van der Waals surface area contributed by atoms with Crippen LogP contribution in [0.3, 0.4) is 0 Å². The Kier molecular flexibility index (Phi) is 4.45. The van der Waals surface area contributed by atoms with Crippen LogP contribution in [-0.4, -0.2) is 15.9 Å². The number of imidazole rings is 1. The van der Waals surface area contributed by atoms with E-state index in [0.29, 0.717) is 24.4 Å². The zero-order chi connectivity index (χ0) is 14.5. The van der Waals surface area contributed by atoms with Crippen LogP contribution in [0.2, 0.25) is 0 Å². The minimum Gasteiger partial charge on any atom is -0.349 e. The predicted octanol–water partition coefficient (Wildman–Crippen LogP) is 2.25. The first-order valence-corrected chi connectivity index (χ1v) is 6.25. The highest BCUT2D eigenvalue weighted by atomic mass is 19.2. The molecule has 106 valence electrons. The minimum atomic E-state index is -0.894. The maximum atomic E-state index is 13.0. The molecule has 0 aliphatic carbocycles. The first-order chi connectivity index (χ1) is 9.54. The van der Waals surface area contributed by atoms with Crippen LogP contribution in [0.1, 0.15) is 23.5 Å². The van der Waals surface area contributed by atoms with Crippen molar-refractivity contribution >= 4 is 5.91 Å². The van der Waals surface area contributed by atoms with Crippen LogP contribution in [0.5, 0.6) is 0 Å². The van der Waals surface area contributed by atoms with Crippen LogP contribution in [0, 0.1) is 18.6 Å². The Labute approximate surface area is 115 Å². The molecule has 0 atom stereocenters. The summed E-state index contributed by atoms with van der Waals surface area (Å²) in [6.07, 6.45) is 2.26. The average Bonchev–Trinajstić information content (AvgIpc) is 2.83. The molecule has 6 heteroatoms. The number of nitrogens with one attached hydrogen (secondary N) is 2. The van der Waals surface area contributed by atoms with Crippen LogP contribution in [-0.2, 0) is 17.8 Å². The molecule has 2 aromatic rings. The summed E-state index contributed by atoms with van der Waals surface area (Å²) in [5, 5.41) is 2.71. The van der Waals surface area contributed by atoms with Crippen molar-refractivity contribution in [3.63, 3.8) is 0 Å². The van der Waals surface area contributed by atoms with Gasteiger partial charge in [0.15, 0.2) is 11.6 Å². The lowest BCUT2D eigenvalue weighted by molar-refractivity contribution is -0.121. The fraction of sp³-hybridized carbons (Fsp3) is 0.286. The van der Waals surface area contributed by atoms with Gasteiger partial charge in [-0.2, -0.15) is 0 Å². The number of carbonyl (C=O) groups excluding carboxylic acids is 1. The molecular weight excluding hydrogens is 264 g/mol. The Morgan fingerprint density at radius 2 is 2.15 bits per heavy atom. The normalized spacial score (nSPS) is 10.6. The van der Waals surface area contributed by atoms with Crippen molar-refractivity contribution < 1.29 is 13.6 Å². The van der Waals surface area contributed by atoms with Crippen molar-refractivity contribution in [2.45, 2.75) is 26.3 Å². The Hall–Kier alpha value is -2.24. The van der Waals surface area contributed by atoms with Gasteiger partial charge in [0.25, 0.3) is 0 Å². The smallest absolute Gasteiger partial charge is 0.220 e. The molecule has 0 radical (unpaired) electrons. The summed E-state index contributed by atoms with van der Waals surface area (Å²) in [5.41, 5.74) is 1.52. The van der Waals surface area contributed by atoms with Crippen LogP contribution in [0.4, 0.5) is 8.78 Å². The van der Waals surface area contributed by atoms with Gasteiger partial charge < -0.3 is 10.3 Å². The number of hydrogen-bond acceptors (Lipinski definition) is 2. The summed E-state index contributed by atoms with van der Waals surface area (Å²) in [6, 6.07) is 3.65. The van der Waals surface area contributed by atoms with Crippen molar-refractivity contribution in [3.05, 3.63) is 53.1 Å². The Balaban J connectivity index is 1.78. The van der Waals surface area contributed by atoms with E-state index in [2.05, 4.69) is 15.3 Å². The largest absolute Gasteiger partial charge is 0.349 e. The van der Waals surface area contributed by atoms with E-state index in [1.807, 2.05) is 6.92 Å². The van der Waals surface area contributed by atoms with Crippen LogP contribution < -0.4 is 5.32 Å². The first kappa shape index (κ1) is 14.2. The number of amides is 1. The summed E-state index contributed by atoms with van der Waals surface area (Å²) < 4.78 is 25.7. The van der Waals surface area contributed by atoms with Crippen molar-refractivity contribution in [1.82, 2.24) is 15.3 Å². The van der Waals surface area contributed by atoms with E-state index in [4.69, 9.17) is 0 Å². The van der Waals surface area contributed by atoms with Crippen molar-refractivity contribution in [2.75, 3.05) is 0 Å². The number of benzene rings is 1. The highest BCUT2D eigenvalue weighted by Gasteiger charge is 2.06. The highest BCUT2D eigenvalue weighted by Crippen LogP contribution is 2.10. The van der Waals surface area contributed by atoms with Gasteiger partial charge in [-0.25, -0.2) is 13.8 Å². The van der Waals surface area contributed by atoms with Gasteiger partial charge in [-0.15, -0.1) is 0 Å². The van der Waals surface area contributed by atoms with Crippen molar-refractivity contribution in [3.8, 4) is 0 Å². The molecule has 1 heterocycles. The summed E-state index contributed by atoms with van der Waals surface area (Å²) >= 11 is 0. The molecule has 0 saturated carbocycles. The van der Waals surface area contributed by atoms with E-state index >= 15 is 0 Å². The molecule has 0 fully saturated rings. The molecular formula is C14H15F2N3O. The molecule has 1 amide bonds. The lowest BCUT2D eigenvalue weighted by Crippen LogP contribution is -2.23. The second kappa shape index (κ2) is 6.27. The van der Waals surface area contributed by atoms with E-state index in [9.17, 15) is 13.6 Å². The van der Waals surface area contributed by atoms with E-state index in [1.54, 1.807) is 6.20 Å². The fourth-order valence-electron chi connectivity index (χ4n) is 1.78. The molecule has 4 nitrogen and oxygen atoms in total. The van der Waals surface area contributed by atoms with E-state index in [-0.39, 0.29) is 12.3 Å². The van der Waals surface area contributed by atoms with Gasteiger partial charge in [0, 0.05) is 18.3 Å². The lowest BCUT2D eigenvalue weighted by atomic mass is 10.1. The molecule has 0 unspecified atom stereocenters. The number of hydrogen-bond donors (Lipinski definition) is 2. The Bertz CT molecular complexity index is 610. The first-order valence-electron chi connectivity index (χ1n) is 6.25. The van der Waals surface area contributed by atoms with Gasteiger partial charge in [-0.1, -0.05) is 6.07 Å². The Morgan fingerprint density at radius 3 is 2.80 bits per heavy atom. The number of carbonyl (C=O) groups is 1. The lowest BCUT2D eigenvalue weighted by Gasteiger charge is -2.04. The maximum Gasteiger partial charge on any atom is 0.220 e. The number of aromatic amines is 1. The monoisotopic (exact) mass is 279 g/mol. The van der Waals surface area contributed by atoms with E-state index in [1.165, 1.54) is 6.07 Å². The summed E-state index contributed by atoms with van der Waals surface area (Å²) in [4.78, 5) is 18.7. The van der Waals surface area contributed by atoms with Gasteiger partial charge in [0.2, 0.25) is 5.91 Å². The number of aryl methyl sites for hydroxylation is 2. The van der Waals surface area contributed by atoms with Gasteiger partial charge in [-0.3, -0.25) is 4.79 Å². The fourth-order valence-corrected chi connectivity index (χ4v) is 1.78. The SMILES string of the molecule is Cc1cnc(CNC(=O)CCc2ccc(F)c(F)c2)[nH]1. The van der Waals surface area contributed by atoms with Gasteiger partial charge in [-0.05, 0) is 31.0 Å². The maximum absolute atomic E-state index is 13.0. The molecule has 0 bridgehead atoms. The quantitative estimate of drug-likeness (QED) is 0.882. The third kappa shape index (κ3) is 3.88. The Morgan fingerprint density at radius 1 is 1.35 bits per heavy atom. The minimum absolute atomic E-state index is 0.163. The zero-order valence-electron chi connectivity index (χ0n) is 11.0. The molecule has 1 aromatic carbocycles. The molecule has 2 rings (SSSR count). The number of rotatable bonds is 5. The second-order valence-electron chi connectivity index (χ2n) is 4.54. The highest BCUT2D eigenvalue weighted by molar-refractivity contribution is 5.76. The predicted molar refractivity (Wildman–Crippen MR) is 69.9 cm³/mol. The number of aromatic nitrogens is 2. The molecule has 1 aromatic heterocycles. The van der Waals surface area contributed by atoms with Crippen LogP contribution in [0.25, 0.3) is 0 Å². The summed E-state index contributed by atoms with van der Waals surface area (Å²) in [5.74, 6) is -1.26. The number of nitrogens with zero attached hydrogens (tertiary/aromatic N) is 1. The molecule has 0 aliphatic heterocycles.